The van der Waals surface area contributed by atoms with E-state index in [9.17, 15) is 10.1 Å². The van der Waals surface area contributed by atoms with Crippen LogP contribution in [0.15, 0.2) is 29.0 Å². The van der Waals surface area contributed by atoms with Gasteiger partial charge in [0.05, 0.1) is 15.5 Å². The average Bonchev–Trinajstić information content (AvgIpc) is 2.34. The fraction of sp³-hybridized carbons (Fsp3) is 0.0909. The normalized spacial score (nSPS) is 10.3. The molecular formula is C11H7BrClN3O3. The van der Waals surface area contributed by atoms with Crippen molar-refractivity contribution in [2.45, 2.75) is 6.92 Å². The molecule has 0 bridgehead atoms. The molecule has 0 aliphatic carbocycles. The minimum Gasteiger partial charge on any atom is -0.424 e. The first-order valence-electron chi connectivity index (χ1n) is 5.07. The van der Waals surface area contributed by atoms with E-state index in [-0.39, 0.29) is 16.7 Å². The zero-order valence-electron chi connectivity index (χ0n) is 9.63. The summed E-state index contributed by atoms with van der Waals surface area (Å²) < 4.78 is 6.11. The van der Waals surface area contributed by atoms with Gasteiger partial charge in [0.25, 0.3) is 5.69 Å². The smallest absolute Gasteiger partial charge is 0.321 e. The molecule has 1 aromatic heterocycles. The zero-order valence-corrected chi connectivity index (χ0v) is 12.0. The van der Waals surface area contributed by atoms with Crippen LogP contribution in [0.25, 0.3) is 0 Å². The maximum Gasteiger partial charge on any atom is 0.321 e. The molecule has 0 atom stereocenters. The van der Waals surface area contributed by atoms with Crippen LogP contribution in [-0.2, 0) is 0 Å². The number of aromatic nitrogens is 2. The standard InChI is InChI=1S/C11H7BrClN3O3/c1-6-2-8(13)9(16(17)18)3-10(6)19-11-14-4-7(12)5-15-11/h2-5H,1H3. The van der Waals surface area contributed by atoms with Gasteiger partial charge in [0.1, 0.15) is 10.8 Å². The largest absolute Gasteiger partial charge is 0.424 e. The number of rotatable bonds is 3. The molecule has 0 unspecified atom stereocenters. The predicted molar refractivity (Wildman–Crippen MR) is 72.6 cm³/mol. The fourth-order valence-corrected chi connectivity index (χ4v) is 1.84. The molecule has 0 aliphatic heterocycles. The van der Waals surface area contributed by atoms with Crippen molar-refractivity contribution in [3.8, 4) is 11.8 Å². The highest BCUT2D eigenvalue weighted by Gasteiger charge is 2.17. The van der Waals surface area contributed by atoms with Crippen molar-refractivity contribution in [1.82, 2.24) is 9.97 Å². The predicted octanol–water partition coefficient (Wildman–Crippen LogP) is 3.90. The van der Waals surface area contributed by atoms with Crippen molar-refractivity contribution in [2.75, 3.05) is 0 Å². The summed E-state index contributed by atoms with van der Waals surface area (Å²) in [4.78, 5) is 18.1. The number of nitro groups is 1. The summed E-state index contributed by atoms with van der Waals surface area (Å²) in [5, 5.41) is 10.9. The van der Waals surface area contributed by atoms with Gasteiger partial charge < -0.3 is 4.74 Å². The van der Waals surface area contributed by atoms with E-state index in [0.717, 1.165) is 0 Å². The van der Waals surface area contributed by atoms with Crippen molar-refractivity contribution in [3.05, 3.63) is 49.7 Å². The van der Waals surface area contributed by atoms with Gasteiger partial charge in [0.2, 0.25) is 0 Å². The lowest BCUT2D eigenvalue weighted by molar-refractivity contribution is -0.384. The van der Waals surface area contributed by atoms with E-state index in [1.54, 1.807) is 6.92 Å². The summed E-state index contributed by atoms with van der Waals surface area (Å²) in [6, 6.07) is 2.82. The number of ether oxygens (including phenoxy) is 1. The number of halogens is 2. The molecule has 0 N–H and O–H groups in total. The second-order valence-corrected chi connectivity index (χ2v) is 4.94. The highest BCUT2D eigenvalue weighted by molar-refractivity contribution is 9.10. The molecule has 98 valence electrons. The lowest BCUT2D eigenvalue weighted by Crippen LogP contribution is -1.96. The van der Waals surface area contributed by atoms with Gasteiger partial charge in [-0.05, 0) is 34.5 Å². The molecule has 1 aromatic carbocycles. The van der Waals surface area contributed by atoms with Gasteiger partial charge >= 0.3 is 6.01 Å². The second kappa shape index (κ2) is 5.50. The van der Waals surface area contributed by atoms with Crippen LogP contribution in [0, 0.1) is 17.0 Å². The first kappa shape index (κ1) is 13.7. The van der Waals surface area contributed by atoms with Gasteiger partial charge in [0.15, 0.2) is 0 Å². The van der Waals surface area contributed by atoms with Crippen LogP contribution in [0.3, 0.4) is 0 Å². The summed E-state index contributed by atoms with van der Waals surface area (Å²) in [5.74, 6) is 0.290. The SMILES string of the molecule is Cc1cc(Cl)c([N+](=O)[O-])cc1Oc1ncc(Br)cn1. The van der Waals surface area contributed by atoms with Gasteiger partial charge in [-0.1, -0.05) is 11.6 Å². The van der Waals surface area contributed by atoms with E-state index >= 15 is 0 Å². The molecule has 0 fully saturated rings. The van der Waals surface area contributed by atoms with Crippen molar-refractivity contribution >= 4 is 33.2 Å². The Morgan fingerprint density at radius 1 is 1.37 bits per heavy atom. The number of nitrogens with zero attached hydrogens (tertiary/aromatic N) is 3. The quantitative estimate of drug-likeness (QED) is 0.623. The minimum absolute atomic E-state index is 0.0616. The highest BCUT2D eigenvalue weighted by Crippen LogP contribution is 2.33. The monoisotopic (exact) mass is 343 g/mol. The van der Waals surface area contributed by atoms with Crippen LogP contribution in [0.5, 0.6) is 11.8 Å². The van der Waals surface area contributed by atoms with E-state index in [1.807, 2.05) is 0 Å². The first-order chi connectivity index (χ1) is 8.97. The van der Waals surface area contributed by atoms with Crippen LogP contribution in [0.2, 0.25) is 5.02 Å². The van der Waals surface area contributed by atoms with Gasteiger partial charge in [0, 0.05) is 12.4 Å². The van der Waals surface area contributed by atoms with E-state index in [4.69, 9.17) is 16.3 Å². The highest BCUT2D eigenvalue weighted by atomic mass is 79.9. The third-order valence-electron chi connectivity index (χ3n) is 2.24. The topological polar surface area (TPSA) is 78.2 Å². The fourth-order valence-electron chi connectivity index (χ4n) is 1.34. The number of hydrogen-bond donors (Lipinski definition) is 0. The Morgan fingerprint density at radius 2 is 2.00 bits per heavy atom. The third-order valence-corrected chi connectivity index (χ3v) is 2.95. The molecule has 0 amide bonds. The number of nitro benzene ring substituents is 1. The molecule has 19 heavy (non-hydrogen) atoms. The second-order valence-electron chi connectivity index (χ2n) is 3.61. The van der Waals surface area contributed by atoms with Crippen LogP contribution in [0.1, 0.15) is 5.56 Å². The van der Waals surface area contributed by atoms with Crippen LogP contribution in [-0.4, -0.2) is 14.9 Å². The van der Waals surface area contributed by atoms with Crippen molar-refractivity contribution < 1.29 is 9.66 Å². The molecule has 0 spiro atoms. The number of benzene rings is 1. The Balaban J connectivity index is 2.37. The Labute approximate surface area is 121 Å². The maximum atomic E-state index is 10.8. The molecule has 0 radical (unpaired) electrons. The summed E-state index contributed by atoms with van der Waals surface area (Å²) in [6.45, 7) is 1.73. The van der Waals surface area contributed by atoms with Gasteiger partial charge in [-0.3, -0.25) is 10.1 Å². The van der Waals surface area contributed by atoms with Crippen LogP contribution < -0.4 is 4.74 Å². The van der Waals surface area contributed by atoms with E-state index in [2.05, 4.69) is 25.9 Å². The Bertz CT molecular complexity index is 634. The van der Waals surface area contributed by atoms with Crippen molar-refractivity contribution in [2.24, 2.45) is 0 Å². The maximum absolute atomic E-state index is 10.8. The van der Waals surface area contributed by atoms with Crippen molar-refractivity contribution in [1.29, 1.82) is 0 Å². The molecule has 1 heterocycles. The zero-order chi connectivity index (χ0) is 14.0. The third kappa shape index (κ3) is 3.18. The summed E-state index contributed by atoms with van der Waals surface area (Å²) in [6.07, 6.45) is 3.03. The van der Waals surface area contributed by atoms with Crippen LogP contribution in [0.4, 0.5) is 5.69 Å². The minimum atomic E-state index is -0.572. The molecule has 6 nitrogen and oxygen atoms in total. The molecule has 0 saturated carbocycles. The van der Waals surface area contributed by atoms with E-state index in [0.29, 0.717) is 15.8 Å². The first-order valence-corrected chi connectivity index (χ1v) is 6.24. The lowest BCUT2D eigenvalue weighted by atomic mass is 10.2. The van der Waals surface area contributed by atoms with Crippen LogP contribution >= 0.6 is 27.5 Å². The Hall–Kier alpha value is -1.73. The molecule has 2 aromatic rings. The van der Waals surface area contributed by atoms with Gasteiger partial charge in [-0.25, -0.2) is 9.97 Å². The molecule has 0 saturated heterocycles. The Morgan fingerprint density at radius 3 is 2.58 bits per heavy atom. The van der Waals surface area contributed by atoms with E-state index in [1.165, 1.54) is 24.5 Å². The molecule has 0 aliphatic rings. The van der Waals surface area contributed by atoms with Gasteiger partial charge in [-0.2, -0.15) is 0 Å². The molecule has 2 rings (SSSR count). The average molecular weight is 345 g/mol. The molecular weight excluding hydrogens is 337 g/mol. The van der Waals surface area contributed by atoms with Crippen molar-refractivity contribution in [3.63, 3.8) is 0 Å². The Kier molecular flexibility index (Phi) is 3.96. The summed E-state index contributed by atoms with van der Waals surface area (Å²) >= 11 is 8.98. The molecule has 8 heteroatoms. The summed E-state index contributed by atoms with van der Waals surface area (Å²) in [5.41, 5.74) is 0.432. The number of aryl methyl sites for hydroxylation is 1. The number of hydrogen-bond acceptors (Lipinski definition) is 5. The summed E-state index contributed by atoms with van der Waals surface area (Å²) in [7, 11) is 0. The lowest BCUT2D eigenvalue weighted by Gasteiger charge is -2.07. The van der Waals surface area contributed by atoms with E-state index < -0.39 is 4.92 Å². The van der Waals surface area contributed by atoms with Gasteiger partial charge in [-0.15, -0.1) is 0 Å².